The van der Waals surface area contributed by atoms with Crippen LogP contribution in [0.5, 0.6) is 0 Å². The van der Waals surface area contributed by atoms with Gasteiger partial charge in [0.15, 0.2) is 0 Å². The van der Waals surface area contributed by atoms with Gasteiger partial charge in [0.1, 0.15) is 11.3 Å². The first-order valence-corrected chi connectivity index (χ1v) is 9.95. The molecule has 1 saturated carbocycles. The van der Waals surface area contributed by atoms with E-state index in [-0.39, 0.29) is 5.91 Å². The van der Waals surface area contributed by atoms with Gasteiger partial charge in [-0.25, -0.2) is 0 Å². The average molecular weight is 355 g/mol. The van der Waals surface area contributed by atoms with Crippen LogP contribution in [0.2, 0.25) is 0 Å². The maximum absolute atomic E-state index is 13.1. The molecule has 0 radical (unpaired) electrons. The largest absolute Gasteiger partial charge is 0.352 e. The molecular weight excluding hydrogens is 334 g/mol. The fourth-order valence-corrected chi connectivity index (χ4v) is 5.95. The lowest BCUT2D eigenvalue weighted by molar-refractivity contribution is 0.0944. The van der Waals surface area contributed by atoms with Gasteiger partial charge in [-0.1, -0.05) is 12.2 Å². The number of allylic oxidation sites excluding steroid dienone is 2. The smallest absolute Gasteiger partial charge is 0.254 e. The molecule has 0 saturated heterocycles. The number of carbonyl (C=O) groups excluding carboxylic acids is 1. The van der Waals surface area contributed by atoms with Crippen molar-refractivity contribution in [1.82, 2.24) is 25.5 Å². The third kappa shape index (κ3) is 2.61. The van der Waals surface area contributed by atoms with Crippen LogP contribution in [0.3, 0.4) is 0 Å². The summed E-state index contributed by atoms with van der Waals surface area (Å²) in [6.45, 7) is 0.768. The van der Waals surface area contributed by atoms with Crippen LogP contribution in [-0.2, 0) is 12.8 Å². The summed E-state index contributed by atoms with van der Waals surface area (Å²) in [6.07, 6.45) is 13.1. The first-order valence-electron chi connectivity index (χ1n) is 9.14. The molecule has 6 nitrogen and oxygen atoms in total. The number of aromatic nitrogens is 4. The number of aryl methyl sites for hydroxylation is 1. The van der Waals surface area contributed by atoms with Crippen LogP contribution in [0.4, 0.5) is 0 Å². The zero-order chi connectivity index (χ0) is 16.8. The van der Waals surface area contributed by atoms with Gasteiger partial charge in [0.2, 0.25) is 0 Å². The second-order valence-corrected chi connectivity index (χ2v) is 8.48. The minimum Gasteiger partial charge on any atom is -0.352 e. The quantitative estimate of drug-likeness (QED) is 0.856. The molecule has 2 heterocycles. The molecule has 2 aromatic rings. The fourth-order valence-electron chi connectivity index (χ4n) is 4.64. The van der Waals surface area contributed by atoms with Gasteiger partial charge in [-0.3, -0.25) is 4.79 Å². The minimum atomic E-state index is 0.0386. The Hall–Kier alpha value is -2.02. The highest BCUT2D eigenvalue weighted by Gasteiger charge is 2.36. The van der Waals surface area contributed by atoms with Crippen molar-refractivity contribution in [1.29, 1.82) is 0 Å². The molecule has 2 bridgehead atoms. The van der Waals surface area contributed by atoms with E-state index < -0.39 is 0 Å². The molecule has 3 aliphatic rings. The molecule has 0 aliphatic heterocycles. The molecule has 25 heavy (non-hydrogen) atoms. The first-order chi connectivity index (χ1) is 12.3. The van der Waals surface area contributed by atoms with Crippen molar-refractivity contribution < 1.29 is 4.79 Å². The lowest BCUT2D eigenvalue weighted by Gasteiger charge is -2.19. The van der Waals surface area contributed by atoms with Crippen LogP contribution in [0.25, 0.3) is 5.00 Å². The number of amides is 1. The summed E-state index contributed by atoms with van der Waals surface area (Å²) in [7, 11) is 0. The van der Waals surface area contributed by atoms with Gasteiger partial charge in [-0.05, 0) is 72.3 Å². The molecule has 0 unspecified atom stereocenters. The second-order valence-electron chi connectivity index (χ2n) is 7.40. The molecule has 7 heteroatoms. The van der Waals surface area contributed by atoms with Crippen LogP contribution in [0.1, 0.15) is 46.5 Å². The minimum absolute atomic E-state index is 0.0386. The number of tetrazole rings is 1. The van der Waals surface area contributed by atoms with E-state index in [1.807, 2.05) is 0 Å². The van der Waals surface area contributed by atoms with Gasteiger partial charge in [-0.2, -0.15) is 4.68 Å². The Balaban J connectivity index is 1.41. The van der Waals surface area contributed by atoms with Gasteiger partial charge in [-0.15, -0.1) is 16.4 Å². The highest BCUT2D eigenvalue weighted by Crippen LogP contribution is 2.43. The maximum Gasteiger partial charge on any atom is 0.254 e. The Morgan fingerprint density at radius 3 is 2.96 bits per heavy atom. The molecule has 0 aromatic carbocycles. The van der Waals surface area contributed by atoms with Crippen molar-refractivity contribution in [2.75, 3.05) is 6.54 Å². The molecule has 5 rings (SSSR count). The predicted molar refractivity (Wildman–Crippen MR) is 94.9 cm³/mol. The number of hydrogen-bond acceptors (Lipinski definition) is 5. The zero-order valence-corrected chi connectivity index (χ0v) is 14.8. The van der Waals surface area contributed by atoms with Gasteiger partial charge in [0.05, 0.1) is 5.56 Å². The van der Waals surface area contributed by atoms with E-state index in [2.05, 4.69) is 33.0 Å². The molecule has 0 spiro atoms. The van der Waals surface area contributed by atoms with E-state index in [9.17, 15) is 4.79 Å². The van der Waals surface area contributed by atoms with Crippen molar-refractivity contribution >= 4 is 17.2 Å². The van der Waals surface area contributed by atoms with Crippen molar-refractivity contribution in [2.45, 2.75) is 38.5 Å². The Morgan fingerprint density at radius 1 is 1.28 bits per heavy atom. The molecule has 2 aromatic heterocycles. The summed E-state index contributed by atoms with van der Waals surface area (Å²) in [6, 6.07) is 0. The van der Waals surface area contributed by atoms with Crippen LogP contribution < -0.4 is 5.32 Å². The molecular formula is C18H21N5OS. The summed E-state index contributed by atoms with van der Waals surface area (Å²) in [4.78, 5) is 14.4. The molecule has 1 N–H and O–H groups in total. The lowest BCUT2D eigenvalue weighted by atomic mass is 9.93. The van der Waals surface area contributed by atoms with Crippen molar-refractivity contribution in [3.05, 3.63) is 34.5 Å². The Morgan fingerprint density at radius 2 is 2.20 bits per heavy atom. The standard InChI is InChI=1S/C18H21N5OS/c24-17(19-9-13-8-11-5-6-12(13)7-11)16-14-3-1-2-4-15(14)25-18(16)23-10-20-21-22-23/h5-6,10-13H,1-4,7-9H2,(H,19,24)/t11-,12-,13-/m0/s1. The third-order valence-electron chi connectivity index (χ3n) is 5.88. The SMILES string of the molecule is O=C(NC[C@@H]1C[C@H]2C=C[C@H]1C2)c1c(-n2cnnn2)sc2c1CCCC2. The van der Waals surface area contributed by atoms with E-state index in [0.29, 0.717) is 11.8 Å². The highest BCUT2D eigenvalue weighted by atomic mass is 32.1. The monoisotopic (exact) mass is 355 g/mol. The summed E-state index contributed by atoms with van der Waals surface area (Å²) in [5, 5.41) is 15.6. The van der Waals surface area contributed by atoms with Crippen LogP contribution in [0, 0.1) is 17.8 Å². The first kappa shape index (κ1) is 15.3. The normalized spacial score (nSPS) is 26.8. The summed E-state index contributed by atoms with van der Waals surface area (Å²) in [5.74, 6) is 2.01. The Bertz CT molecular complexity index is 825. The fraction of sp³-hybridized carbons (Fsp3) is 0.556. The third-order valence-corrected chi connectivity index (χ3v) is 7.16. The molecule has 3 atom stereocenters. The number of fused-ring (bicyclic) bond motifs is 3. The second kappa shape index (κ2) is 6.05. The topological polar surface area (TPSA) is 72.7 Å². The van der Waals surface area contributed by atoms with E-state index in [1.165, 1.54) is 29.7 Å². The maximum atomic E-state index is 13.1. The number of nitrogens with one attached hydrogen (secondary N) is 1. The molecule has 1 amide bonds. The van der Waals surface area contributed by atoms with Crippen LogP contribution >= 0.6 is 11.3 Å². The van der Waals surface area contributed by atoms with E-state index in [4.69, 9.17) is 0 Å². The zero-order valence-electron chi connectivity index (χ0n) is 14.0. The number of carbonyl (C=O) groups is 1. The number of thiophene rings is 1. The number of nitrogens with zero attached hydrogens (tertiary/aromatic N) is 4. The number of hydrogen-bond donors (Lipinski definition) is 1. The van der Waals surface area contributed by atoms with Crippen molar-refractivity contribution in [3.63, 3.8) is 0 Å². The molecule has 130 valence electrons. The lowest BCUT2D eigenvalue weighted by Crippen LogP contribution is -2.32. The Kier molecular flexibility index (Phi) is 3.69. The van der Waals surface area contributed by atoms with Crippen LogP contribution in [-0.4, -0.2) is 32.7 Å². The van der Waals surface area contributed by atoms with E-state index in [0.717, 1.165) is 42.3 Å². The van der Waals surface area contributed by atoms with Crippen molar-refractivity contribution in [2.24, 2.45) is 17.8 Å². The van der Waals surface area contributed by atoms with Gasteiger partial charge in [0, 0.05) is 11.4 Å². The van der Waals surface area contributed by atoms with Gasteiger partial charge < -0.3 is 5.32 Å². The number of rotatable bonds is 4. The summed E-state index contributed by atoms with van der Waals surface area (Å²) < 4.78 is 1.64. The molecule has 1 fully saturated rings. The van der Waals surface area contributed by atoms with E-state index in [1.54, 1.807) is 22.3 Å². The predicted octanol–water partition coefficient (Wildman–Crippen LogP) is 2.54. The van der Waals surface area contributed by atoms with Gasteiger partial charge in [0.25, 0.3) is 5.91 Å². The molecule has 3 aliphatic carbocycles. The Labute approximate surface area is 150 Å². The van der Waals surface area contributed by atoms with E-state index >= 15 is 0 Å². The summed E-state index contributed by atoms with van der Waals surface area (Å²) >= 11 is 1.67. The van der Waals surface area contributed by atoms with Crippen LogP contribution in [0.15, 0.2) is 18.5 Å². The highest BCUT2D eigenvalue weighted by molar-refractivity contribution is 7.15. The van der Waals surface area contributed by atoms with Gasteiger partial charge >= 0.3 is 0 Å². The summed E-state index contributed by atoms with van der Waals surface area (Å²) in [5.41, 5.74) is 2.01. The van der Waals surface area contributed by atoms with Crippen molar-refractivity contribution in [3.8, 4) is 5.00 Å². The average Bonchev–Trinajstić information content (AvgIpc) is 3.42.